The van der Waals surface area contributed by atoms with Crippen LogP contribution in [0.1, 0.15) is 0 Å². The Morgan fingerprint density at radius 3 is 2.29 bits per heavy atom. The van der Waals surface area contributed by atoms with Gasteiger partial charge in [-0.1, -0.05) is 42.5 Å². The maximum atomic E-state index is 4.61. The molecule has 2 aromatic heterocycles. The average Bonchev–Trinajstić information content (AvgIpc) is 3.05. The molecule has 5 nitrogen and oxygen atoms in total. The van der Waals surface area contributed by atoms with Crippen LogP contribution in [-0.4, -0.2) is 21.6 Å². The summed E-state index contributed by atoms with van der Waals surface area (Å²) in [5.74, 6) is 1.53. The number of anilines is 4. The molecule has 0 atom stereocenters. The second-order valence-electron chi connectivity index (χ2n) is 5.47. The molecule has 0 aliphatic rings. The summed E-state index contributed by atoms with van der Waals surface area (Å²) in [6.07, 6.45) is 0. The van der Waals surface area contributed by atoms with Crippen LogP contribution in [0.3, 0.4) is 0 Å². The van der Waals surface area contributed by atoms with Gasteiger partial charge in [0.1, 0.15) is 5.82 Å². The van der Waals surface area contributed by atoms with E-state index in [0.29, 0.717) is 5.95 Å². The topological polar surface area (TPSA) is 45.5 Å². The summed E-state index contributed by atoms with van der Waals surface area (Å²) in [7, 11) is 2.02. The van der Waals surface area contributed by atoms with Gasteiger partial charge in [-0.3, -0.25) is 0 Å². The Balaban J connectivity index is 1.72. The second kappa shape index (κ2) is 6.04. The molecule has 0 saturated carbocycles. The van der Waals surface area contributed by atoms with Gasteiger partial charge < -0.3 is 10.2 Å². The third kappa shape index (κ3) is 2.67. The van der Waals surface area contributed by atoms with Crippen LogP contribution in [0.25, 0.3) is 5.65 Å². The lowest BCUT2D eigenvalue weighted by Gasteiger charge is -2.19. The van der Waals surface area contributed by atoms with Crippen LogP contribution in [0.15, 0.2) is 78.9 Å². The van der Waals surface area contributed by atoms with Gasteiger partial charge in [-0.25, -0.2) is 0 Å². The minimum absolute atomic E-state index is 0.579. The molecule has 0 spiro atoms. The molecule has 2 aromatic carbocycles. The number of para-hydroxylation sites is 2. The Morgan fingerprint density at radius 2 is 1.54 bits per heavy atom. The van der Waals surface area contributed by atoms with Gasteiger partial charge in [-0.2, -0.15) is 9.50 Å². The number of pyridine rings is 1. The molecule has 0 amide bonds. The number of benzene rings is 2. The average molecular weight is 315 g/mol. The van der Waals surface area contributed by atoms with Crippen LogP contribution in [0.2, 0.25) is 0 Å². The van der Waals surface area contributed by atoms with E-state index in [-0.39, 0.29) is 0 Å². The molecule has 5 heteroatoms. The van der Waals surface area contributed by atoms with E-state index in [1.54, 1.807) is 0 Å². The van der Waals surface area contributed by atoms with E-state index in [9.17, 15) is 0 Å². The number of nitrogens with zero attached hydrogens (tertiary/aromatic N) is 4. The minimum atomic E-state index is 0.579. The van der Waals surface area contributed by atoms with E-state index < -0.39 is 0 Å². The Hall–Kier alpha value is -3.34. The van der Waals surface area contributed by atoms with Gasteiger partial charge in [-0.05, 0) is 36.4 Å². The Labute approximate surface area is 140 Å². The molecule has 1 N–H and O–H groups in total. The van der Waals surface area contributed by atoms with Gasteiger partial charge in [0.05, 0.1) is 0 Å². The lowest BCUT2D eigenvalue weighted by atomic mass is 10.3. The normalized spacial score (nSPS) is 10.7. The van der Waals surface area contributed by atoms with Crippen molar-refractivity contribution in [2.45, 2.75) is 0 Å². The first-order valence-corrected chi connectivity index (χ1v) is 7.78. The number of rotatable bonds is 4. The standard InChI is InChI=1S/C19H17N5/c1-23(16-11-6-3-7-12-16)18-14-8-13-17-21-19(22-24(17)18)20-15-9-4-2-5-10-15/h2-14H,1H3,(H,20,22). The van der Waals surface area contributed by atoms with Crippen LogP contribution in [0, 0.1) is 0 Å². The van der Waals surface area contributed by atoms with Gasteiger partial charge in [0.25, 0.3) is 0 Å². The monoisotopic (exact) mass is 315 g/mol. The first kappa shape index (κ1) is 14.3. The van der Waals surface area contributed by atoms with E-state index in [4.69, 9.17) is 0 Å². The van der Waals surface area contributed by atoms with Crippen molar-refractivity contribution in [3.05, 3.63) is 78.9 Å². The van der Waals surface area contributed by atoms with Crippen LogP contribution >= 0.6 is 0 Å². The number of hydrogen-bond donors (Lipinski definition) is 1. The fourth-order valence-corrected chi connectivity index (χ4v) is 2.63. The molecule has 0 aliphatic carbocycles. The molecule has 2 heterocycles. The van der Waals surface area contributed by atoms with Crippen molar-refractivity contribution >= 4 is 28.8 Å². The van der Waals surface area contributed by atoms with Crippen molar-refractivity contribution in [2.75, 3.05) is 17.3 Å². The Morgan fingerprint density at radius 1 is 0.833 bits per heavy atom. The highest BCUT2D eigenvalue weighted by Gasteiger charge is 2.11. The maximum absolute atomic E-state index is 4.61. The Kier molecular flexibility index (Phi) is 3.59. The zero-order valence-electron chi connectivity index (χ0n) is 13.3. The summed E-state index contributed by atoms with van der Waals surface area (Å²) >= 11 is 0. The van der Waals surface area contributed by atoms with E-state index in [1.165, 1.54) is 0 Å². The van der Waals surface area contributed by atoms with Crippen LogP contribution < -0.4 is 10.2 Å². The third-order valence-corrected chi connectivity index (χ3v) is 3.86. The van der Waals surface area contributed by atoms with Crippen molar-refractivity contribution in [3.8, 4) is 0 Å². The SMILES string of the molecule is CN(c1ccccc1)c1cccc2nc(Nc3ccccc3)nn12. The summed E-state index contributed by atoms with van der Waals surface area (Å²) in [5, 5.41) is 7.84. The van der Waals surface area contributed by atoms with Crippen molar-refractivity contribution < 1.29 is 0 Å². The van der Waals surface area contributed by atoms with Gasteiger partial charge >= 0.3 is 0 Å². The van der Waals surface area contributed by atoms with Crippen molar-refractivity contribution in [1.82, 2.24) is 14.6 Å². The molecule has 0 bridgehead atoms. The molecular formula is C19H17N5. The number of hydrogen-bond acceptors (Lipinski definition) is 4. The molecule has 0 aliphatic heterocycles. The molecule has 0 unspecified atom stereocenters. The zero-order valence-corrected chi connectivity index (χ0v) is 13.3. The zero-order chi connectivity index (χ0) is 16.4. The largest absolute Gasteiger partial charge is 0.329 e. The van der Waals surface area contributed by atoms with E-state index in [0.717, 1.165) is 22.8 Å². The third-order valence-electron chi connectivity index (χ3n) is 3.86. The molecule has 0 fully saturated rings. The van der Waals surface area contributed by atoms with E-state index >= 15 is 0 Å². The smallest absolute Gasteiger partial charge is 0.247 e. The molecule has 118 valence electrons. The predicted molar refractivity (Wildman–Crippen MR) is 97.2 cm³/mol. The first-order valence-electron chi connectivity index (χ1n) is 7.78. The molecule has 0 saturated heterocycles. The molecule has 0 radical (unpaired) electrons. The molecule has 24 heavy (non-hydrogen) atoms. The number of fused-ring (bicyclic) bond motifs is 1. The first-order chi connectivity index (χ1) is 11.8. The van der Waals surface area contributed by atoms with Gasteiger partial charge in [0.15, 0.2) is 5.65 Å². The van der Waals surface area contributed by atoms with Crippen LogP contribution in [0.4, 0.5) is 23.1 Å². The summed E-state index contributed by atoms with van der Waals surface area (Å²) in [4.78, 5) is 6.65. The predicted octanol–water partition coefficient (Wildman–Crippen LogP) is 4.24. The number of nitrogens with one attached hydrogen (secondary N) is 1. The summed E-state index contributed by atoms with van der Waals surface area (Å²) in [6, 6.07) is 26.1. The van der Waals surface area contributed by atoms with E-state index in [2.05, 4.69) is 32.4 Å². The summed E-state index contributed by atoms with van der Waals surface area (Å²) < 4.78 is 1.85. The Bertz CT molecular complexity index is 947. The highest BCUT2D eigenvalue weighted by Crippen LogP contribution is 2.24. The highest BCUT2D eigenvalue weighted by atomic mass is 15.4. The molecule has 4 rings (SSSR count). The quantitative estimate of drug-likeness (QED) is 0.612. The lowest BCUT2D eigenvalue weighted by molar-refractivity contribution is 0.934. The van der Waals surface area contributed by atoms with Crippen molar-refractivity contribution in [3.63, 3.8) is 0 Å². The highest BCUT2D eigenvalue weighted by molar-refractivity contribution is 5.63. The van der Waals surface area contributed by atoms with Crippen molar-refractivity contribution in [2.24, 2.45) is 0 Å². The van der Waals surface area contributed by atoms with Crippen molar-refractivity contribution in [1.29, 1.82) is 0 Å². The van der Waals surface area contributed by atoms with Gasteiger partial charge in [0, 0.05) is 18.4 Å². The fraction of sp³-hybridized carbons (Fsp3) is 0.0526. The lowest BCUT2D eigenvalue weighted by Crippen LogP contribution is -2.13. The van der Waals surface area contributed by atoms with E-state index in [1.807, 2.05) is 78.3 Å². The molecule has 4 aromatic rings. The minimum Gasteiger partial charge on any atom is -0.329 e. The van der Waals surface area contributed by atoms with Gasteiger partial charge in [0.2, 0.25) is 5.95 Å². The maximum Gasteiger partial charge on any atom is 0.247 e. The fourth-order valence-electron chi connectivity index (χ4n) is 2.63. The summed E-state index contributed by atoms with van der Waals surface area (Å²) in [6.45, 7) is 0. The van der Waals surface area contributed by atoms with Crippen LogP contribution in [0.5, 0.6) is 0 Å². The number of aromatic nitrogens is 3. The van der Waals surface area contributed by atoms with Gasteiger partial charge in [-0.15, -0.1) is 5.10 Å². The summed E-state index contributed by atoms with van der Waals surface area (Å²) in [5.41, 5.74) is 2.86. The molecular weight excluding hydrogens is 298 g/mol. The van der Waals surface area contributed by atoms with Crippen LogP contribution in [-0.2, 0) is 0 Å². The second-order valence-corrected chi connectivity index (χ2v) is 5.47.